The van der Waals surface area contributed by atoms with Gasteiger partial charge in [-0.05, 0) is 62.3 Å². The summed E-state index contributed by atoms with van der Waals surface area (Å²) in [5.74, 6) is 1.01. The van der Waals surface area contributed by atoms with Crippen molar-refractivity contribution in [3.63, 3.8) is 0 Å². The van der Waals surface area contributed by atoms with Gasteiger partial charge >= 0.3 is 0 Å². The fourth-order valence-corrected chi connectivity index (χ4v) is 4.27. The van der Waals surface area contributed by atoms with Gasteiger partial charge in [-0.2, -0.15) is 0 Å². The summed E-state index contributed by atoms with van der Waals surface area (Å²) < 4.78 is 0. The van der Waals surface area contributed by atoms with Crippen LogP contribution < -0.4 is 0 Å². The molecule has 2 unspecified atom stereocenters. The summed E-state index contributed by atoms with van der Waals surface area (Å²) in [4.78, 5) is 17.3. The Morgan fingerprint density at radius 1 is 1.18 bits per heavy atom. The van der Waals surface area contributed by atoms with Gasteiger partial charge in [-0.1, -0.05) is 19.1 Å². The van der Waals surface area contributed by atoms with E-state index in [4.69, 9.17) is 0 Å². The van der Waals surface area contributed by atoms with E-state index in [0.717, 1.165) is 37.2 Å². The Balaban J connectivity index is 1.41. The maximum absolute atomic E-state index is 12.7. The van der Waals surface area contributed by atoms with Crippen molar-refractivity contribution < 1.29 is 4.79 Å². The molecular weight excluding hydrogens is 272 g/mol. The molecule has 0 spiro atoms. The van der Waals surface area contributed by atoms with Gasteiger partial charge in [0.1, 0.15) is 0 Å². The zero-order valence-electron chi connectivity index (χ0n) is 13.5. The summed E-state index contributed by atoms with van der Waals surface area (Å²) in [5, 5.41) is 0. The Labute approximate surface area is 133 Å². The maximum atomic E-state index is 12.7. The van der Waals surface area contributed by atoms with Crippen LogP contribution in [-0.4, -0.2) is 40.9 Å². The number of benzene rings is 1. The summed E-state index contributed by atoms with van der Waals surface area (Å²) in [6.07, 6.45) is 6.46. The summed E-state index contributed by atoms with van der Waals surface area (Å²) in [6.45, 7) is 5.35. The number of amides is 1. The lowest BCUT2D eigenvalue weighted by Crippen LogP contribution is -2.37. The van der Waals surface area contributed by atoms with Gasteiger partial charge in [0.15, 0.2) is 0 Å². The van der Waals surface area contributed by atoms with Crippen molar-refractivity contribution >= 4 is 5.91 Å². The van der Waals surface area contributed by atoms with Crippen LogP contribution in [0.2, 0.25) is 0 Å². The fourth-order valence-electron chi connectivity index (χ4n) is 4.27. The number of piperidine rings is 1. The van der Waals surface area contributed by atoms with Gasteiger partial charge in [-0.15, -0.1) is 0 Å². The third-order valence-corrected chi connectivity index (χ3v) is 5.73. The summed E-state index contributed by atoms with van der Waals surface area (Å²) >= 11 is 0. The number of hydrogen-bond acceptors (Lipinski definition) is 2. The second kappa shape index (κ2) is 5.69. The quantitative estimate of drug-likeness (QED) is 0.833. The molecule has 0 radical (unpaired) electrons. The first kappa shape index (κ1) is 14.3. The number of likely N-dealkylation sites (tertiary alicyclic amines) is 1. The molecule has 1 heterocycles. The fraction of sp³-hybridized carbons (Fsp3) is 0.632. The standard InChI is InChI=1S/C19H26N2O/c1-2-20(17-9-10-17)12-14-3-6-16(7-4-14)19(22)21-13-15-5-8-18(21)11-15/h3-4,6-7,15,17-18H,2,5,8-13H2,1H3. The molecule has 1 amide bonds. The average Bonchev–Trinajstić information content (AvgIpc) is 3.18. The lowest BCUT2D eigenvalue weighted by Gasteiger charge is -2.27. The van der Waals surface area contributed by atoms with Gasteiger partial charge in [0.2, 0.25) is 0 Å². The summed E-state index contributed by atoms with van der Waals surface area (Å²) in [6, 6.07) is 9.67. The van der Waals surface area contributed by atoms with E-state index in [2.05, 4.69) is 28.9 Å². The van der Waals surface area contributed by atoms with Crippen LogP contribution in [0.4, 0.5) is 0 Å². The van der Waals surface area contributed by atoms with Gasteiger partial charge in [0, 0.05) is 30.7 Å². The smallest absolute Gasteiger partial charge is 0.254 e. The van der Waals surface area contributed by atoms with Gasteiger partial charge in [-0.25, -0.2) is 0 Å². The number of carbonyl (C=O) groups is 1. The third kappa shape index (κ3) is 2.67. The largest absolute Gasteiger partial charge is 0.335 e. The van der Waals surface area contributed by atoms with Gasteiger partial charge in [0.25, 0.3) is 5.91 Å². The van der Waals surface area contributed by atoms with Crippen molar-refractivity contribution in [2.75, 3.05) is 13.1 Å². The number of rotatable bonds is 5. The maximum Gasteiger partial charge on any atom is 0.254 e. The van der Waals surface area contributed by atoms with E-state index in [9.17, 15) is 4.79 Å². The first-order valence-corrected chi connectivity index (χ1v) is 8.88. The van der Waals surface area contributed by atoms with Crippen molar-refractivity contribution in [3.05, 3.63) is 35.4 Å². The van der Waals surface area contributed by atoms with Crippen molar-refractivity contribution in [1.82, 2.24) is 9.80 Å². The zero-order valence-corrected chi connectivity index (χ0v) is 13.5. The molecule has 2 atom stereocenters. The molecule has 2 bridgehead atoms. The Hall–Kier alpha value is -1.35. The molecule has 4 rings (SSSR count). The Morgan fingerprint density at radius 3 is 2.50 bits per heavy atom. The van der Waals surface area contributed by atoms with E-state index in [1.165, 1.54) is 37.7 Å². The Morgan fingerprint density at radius 2 is 1.95 bits per heavy atom. The Bertz CT molecular complexity index is 549. The van der Waals surface area contributed by atoms with Crippen molar-refractivity contribution in [2.24, 2.45) is 5.92 Å². The number of nitrogens with zero attached hydrogens (tertiary/aromatic N) is 2. The highest BCUT2D eigenvalue weighted by molar-refractivity contribution is 5.94. The van der Waals surface area contributed by atoms with Crippen LogP contribution in [-0.2, 0) is 6.54 Å². The van der Waals surface area contributed by atoms with Crippen LogP contribution >= 0.6 is 0 Å². The molecule has 1 aromatic rings. The molecule has 118 valence electrons. The lowest BCUT2D eigenvalue weighted by atomic mass is 10.1. The van der Waals surface area contributed by atoms with E-state index < -0.39 is 0 Å². The number of fused-ring (bicyclic) bond motifs is 2. The predicted octanol–water partition coefficient (Wildman–Crippen LogP) is 3.30. The molecule has 2 aliphatic carbocycles. The van der Waals surface area contributed by atoms with E-state index in [1.807, 2.05) is 12.1 Å². The van der Waals surface area contributed by atoms with E-state index in [1.54, 1.807) is 0 Å². The van der Waals surface area contributed by atoms with Crippen molar-refractivity contribution in [1.29, 1.82) is 0 Å². The molecule has 1 saturated heterocycles. The highest BCUT2D eigenvalue weighted by Gasteiger charge is 2.40. The van der Waals surface area contributed by atoms with Crippen LogP contribution in [0.25, 0.3) is 0 Å². The predicted molar refractivity (Wildman–Crippen MR) is 87.7 cm³/mol. The second-order valence-corrected chi connectivity index (χ2v) is 7.28. The molecule has 2 saturated carbocycles. The van der Waals surface area contributed by atoms with Gasteiger partial charge in [0.05, 0.1) is 0 Å². The normalized spacial score (nSPS) is 26.9. The van der Waals surface area contributed by atoms with Crippen molar-refractivity contribution in [3.8, 4) is 0 Å². The second-order valence-electron chi connectivity index (χ2n) is 7.28. The topological polar surface area (TPSA) is 23.6 Å². The monoisotopic (exact) mass is 298 g/mol. The molecule has 22 heavy (non-hydrogen) atoms. The molecule has 0 N–H and O–H groups in total. The molecule has 0 aromatic heterocycles. The van der Waals surface area contributed by atoms with Crippen LogP contribution in [0.3, 0.4) is 0 Å². The van der Waals surface area contributed by atoms with Crippen LogP contribution in [0.15, 0.2) is 24.3 Å². The molecule has 3 heteroatoms. The first-order chi connectivity index (χ1) is 10.7. The number of hydrogen-bond donors (Lipinski definition) is 0. The molecular formula is C19H26N2O. The highest BCUT2D eigenvalue weighted by Crippen LogP contribution is 2.38. The molecule has 3 nitrogen and oxygen atoms in total. The Kier molecular flexibility index (Phi) is 3.69. The molecule has 1 aliphatic heterocycles. The summed E-state index contributed by atoms with van der Waals surface area (Å²) in [7, 11) is 0. The van der Waals surface area contributed by atoms with Gasteiger partial charge < -0.3 is 4.90 Å². The van der Waals surface area contributed by atoms with Crippen LogP contribution in [0.5, 0.6) is 0 Å². The van der Waals surface area contributed by atoms with E-state index >= 15 is 0 Å². The van der Waals surface area contributed by atoms with Crippen LogP contribution in [0, 0.1) is 5.92 Å². The highest BCUT2D eigenvalue weighted by atomic mass is 16.2. The van der Waals surface area contributed by atoms with E-state index in [-0.39, 0.29) is 5.91 Å². The average molecular weight is 298 g/mol. The molecule has 3 aliphatic rings. The SMILES string of the molecule is CCN(Cc1ccc(C(=O)N2CC3CCC2C3)cc1)C1CC1. The van der Waals surface area contributed by atoms with Crippen LogP contribution in [0.1, 0.15) is 54.9 Å². The lowest BCUT2D eigenvalue weighted by molar-refractivity contribution is 0.0703. The first-order valence-electron chi connectivity index (χ1n) is 8.88. The number of carbonyl (C=O) groups excluding carboxylic acids is 1. The summed E-state index contributed by atoms with van der Waals surface area (Å²) in [5.41, 5.74) is 2.19. The van der Waals surface area contributed by atoms with Gasteiger partial charge in [-0.3, -0.25) is 9.69 Å². The minimum absolute atomic E-state index is 0.244. The minimum atomic E-state index is 0.244. The third-order valence-electron chi connectivity index (χ3n) is 5.73. The van der Waals surface area contributed by atoms with Crippen molar-refractivity contribution in [2.45, 2.75) is 57.7 Å². The zero-order chi connectivity index (χ0) is 15.1. The molecule has 1 aromatic carbocycles. The minimum Gasteiger partial charge on any atom is -0.335 e. The van der Waals surface area contributed by atoms with E-state index in [0.29, 0.717) is 6.04 Å². The molecule has 3 fully saturated rings.